The van der Waals surface area contributed by atoms with E-state index in [1.54, 1.807) is 24.3 Å². The molecule has 27 heavy (non-hydrogen) atoms. The molecule has 0 spiro atoms. The lowest BCUT2D eigenvalue weighted by Crippen LogP contribution is -2.40. The van der Waals surface area contributed by atoms with Gasteiger partial charge in [0.05, 0.1) is 12.1 Å². The number of nitrogens with one attached hydrogen (secondary N) is 3. The molecule has 0 radical (unpaired) electrons. The predicted octanol–water partition coefficient (Wildman–Crippen LogP) is 3.27. The second kappa shape index (κ2) is 9.67. The van der Waals surface area contributed by atoms with Crippen LogP contribution in [0.1, 0.15) is 6.42 Å². The van der Waals surface area contributed by atoms with Crippen LogP contribution in [0, 0.1) is 11.6 Å². The van der Waals surface area contributed by atoms with Gasteiger partial charge in [-0.1, -0.05) is 22.5 Å². The number of hydrazine groups is 1. The number of carbonyl (C=O) groups excluding carboxylic acids is 2. The summed E-state index contributed by atoms with van der Waals surface area (Å²) in [6.45, 7) is 3.35. The lowest BCUT2D eigenvalue weighted by molar-refractivity contribution is -0.124. The molecular weight excluding hydrogens is 424 g/mol. The van der Waals surface area contributed by atoms with E-state index in [1.165, 1.54) is 0 Å². The van der Waals surface area contributed by atoms with E-state index in [2.05, 4.69) is 38.7 Å². The van der Waals surface area contributed by atoms with Crippen LogP contribution in [0.4, 0.5) is 14.5 Å². The van der Waals surface area contributed by atoms with Gasteiger partial charge in [0.25, 0.3) is 5.91 Å². The minimum absolute atomic E-state index is 0.152. The summed E-state index contributed by atoms with van der Waals surface area (Å²) in [6.07, 6.45) is -0.231. The molecule has 2 aromatic rings. The molecule has 0 aliphatic carbocycles. The molecule has 0 saturated heterocycles. The number of anilines is 1. The highest BCUT2D eigenvalue weighted by Crippen LogP contribution is 2.16. The summed E-state index contributed by atoms with van der Waals surface area (Å²) < 4.78 is 32.5. The number of rotatable bonds is 8. The van der Waals surface area contributed by atoms with Crippen molar-refractivity contribution in [3.63, 3.8) is 0 Å². The van der Waals surface area contributed by atoms with E-state index in [9.17, 15) is 18.4 Å². The average molecular weight is 440 g/mol. The first-order chi connectivity index (χ1) is 12.8. The van der Waals surface area contributed by atoms with E-state index in [0.717, 1.165) is 16.6 Å². The first-order valence-electron chi connectivity index (χ1n) is 7.69. The van der Waals surface area contributed by atoms with Gasteiger partial charge >= 0.3 is 0 Å². The van der Waals surface area contributed by atoms with Crippen LogP contribution in [0.2, 0.25) is 0 Å². The summed E-state index contributed by atoms with van der Waals surface area (Å²) >= 11 is 3.29. The Labute approximate surface area is 162 Å². The lowest BCUT2D eigenvalue weighted by atomic mass is 10.2. The molecule has 0 atom stereocenters. The Balaban J connectivity index is 1.70. The zero-order chi connectivity index (χ0) is 19.8. The summed E-state index contributed by atoms with van der Waals surface area (Å²) in [7, 11) is 0. The van der Waals surface area contributed by atoms with Gasteiger partial charge in [0, 0.05) is 16.2 Å². The fourth-order valence-corrected chi connectivity index (χ4v) is 2.16. The number of amides is 2. The van der Waals surface area contributed by atoms with Crippen molar-refractivity contribution in [1.82, 2.24) is 10.9 Å². The normalized spacial score (nSPS) is 10.0. The van der Waals surface area contributed by atoms with Crippen molar-refractivity contribution in [2.45, 2.75) is 6.42 Å². The van der Waals surface area contributed by atoms with E-state index in [4.69, 9.17) is 4.74 Å². The molecule has 0 fully saturated rings. The van der Waals surface area contributed by atoms with Crippen LogP contribution >= 0.6 is 15.9 Å². The Hall–Kier alpha value is -2.94. The van der Waals surface area contributed by atoms with Gasteiger partial charge in [-0.25, -0.2) is 8.78 Å². The van der Waals surface area contributed by atoms with Crippen molar-refractivity contribution in [2.24, 2.45) is 0 Å². The molecule has 0 aliphatic heterocycles. The Morgan fingerprint density at radius 2 is 1.74 bits per heavy atom. The predicted molar refractivity (Wildman–Crippen MR) is 99.7 cm³/mol. The molecule has 0 aliphatic rings. The highest BCUT2D eigenvalue weighted by Gasteiger charge is 2.10. The van der Waals surface area contributed by atoms with Crippen LogP contribution in [-0.2, 0) is 9.59 Å². The van der Waals surface area contributed by atoms with E-state index >= 15 is 0 Å². The Morgan fingerprint density at radius 1 is 1.04 bits per heavy atom. The summed E-state index contributed by atoms with van der Waals surface area (Å²) in [6, 6.07) is 9.74. The van der Waals surface area contributed by atoms with Crippen LogP contribution in [0.15, 0.2) is 59.2 Å². The van der Waals surface area contributed by atoms with Crippen molar-refractivity contribution in [3.8, 4) is 5.75 Å². The van der Waals surface area contributed by atoms with Gasteiger partial charge in [0.2, 0.25) is 5.91 Å². The number of hydrogen-bond donors (Lipinski definition) is 3. The molecule has 0 aromatic heterocycles. The highest BCUT2D eigenvalue weighted by atomic mass is 79.9. The maximum absolute atomic E-state index is 13.5. The first-order valence-corrected chi connectivity index (χ1v) is 8.48. The van der Waals surface area contributed by atoms with Gasteiger partial charge in [0.1, 0.15) is 17.4 Å². The zero-order valence-corrected chi connectivity index (χ0v) is 15.6. The number of halogens is 3. The van der Waals surface area contributed by atoms with E-state index in [1.807, 2.05) is 0 Å². The van der Waals surface area contributed by atoms with Gasteiger partial charge in [-0.15, -0.1) is 0 Å². The largest absolute Gasteiger partial charge is 0.484 e. The third kappa shape index (κ3) is 7.06. The van der Waals surface area contributed by atoms with Crippen molar-refractivity contribution >= 4 is 33.4 Å². The SMILES string of the molecule is C=C(CC(=O)Nc1ccc(F)cc1F)NNC(=O)COc1ccc(Br)cc1. The van der Waals surface area contributed by atoms with Gasteiger partial charge in [-0.3, -0.25) is 15.0 Å². The third-order valence-corrected chi connectivity index (χ3v) is 3.67. The molecule has 2 aromatic carbocycles. The summed E-state index contributed by atoms with van der Waals surface area (Å²) in [4.78, 5) is 23.5. The van der Waals surface area contributed by atoms with Gasteiger partial charge in [0.15, 0.2) is 6.61 Å². The maximum Gasteiger partial charge on any atom is 0.276 e. The summed E-state index contributed by atoms with van der Waals surface area (Å²) in [5, 5.41) is 2.28. The molecule has 9 heteroatoms. The summed E-state index contributed by atoms with van der Waals surface area (Å²) in [5.41, 5.74) is 4.82. The molecule has 0 unspecified atom stereocenters. The third-order valence-electron chi connectivity index (χ3n) is 3.14. The molecule has 6 nitrogen and oxygen atoms in total. The van der Waals surface area contributed by atoms with E-state index in [-0.39, 0.29) is 24.4 Å². The highest BCUT2D eigenvalue weighted by molar-refractivity contribution is 9.10. The monoisotopic (exact) mass is 439 g/mol. The van der Waals surface area contributed by atoms with Crippen LogP contribution in [-0.4, -0.2) is 18.4 Å². The molecule has 0 heterocycles. The van der Waals surface area contributed by atoms with Gasteiger partial charge in [-0.05, 0) is 36.4 Å². The molecule has 3 N–H and O–H groups in total. The van der Waals surface area contributed by atoms with E-state index < -0.39 is 23.4 Å². The number of hydrogen-bond acceptors (Lipinski definition) is 4. The molecule has 2 amide bonds. The van der Waals surface area contributed by atoms with Crippen LogP contribution in [0.5, 0.6) is 5.75 Å². The number of benzene rings is 2. The first kappa shape index (κ1) is 20.4. The maximum atomic E-state index is 13.5. The standard InChI is InChI=1S/C18H16BrF2N3O3/c1-11(8-17(25)22-16-7-4-13(20)9-15(16)21)23-24-18(26)10-27-14-5-2-12(19)3-6-14/h2-7,9,23H,1,8,10H2,(H,22,25)(H,24,26). The van der Waals surface area contributed by atoms with Crippen molar-refractivity contribution in [1.29, 1.82) is 0 Å². The molecule has 0 saturated carbocycles. The van der Waals surface area contributed by atoms with Crippen molar-refractivity contribution in [2.75, 3.05) is 11.9 Å². The minimum atomic E-state index is -0.889. The fraction of sp³-hybridized carbons (Fsp3) is 0.111. The van der Waals surface area contributed by atoms with Crippen molar-refractivity contribution < 1.29 is 23.1 Å². The van der Waals surface area contributed by atoms with E-state index in [0.29, 0.717) is 11.8 Å². The minimum Gasteiger partial charge on any atom is -0.484 e. The second-order valence-electron chi connectivity index (χ2n) is 5.37. The average Bonchev–Trinajstić information content (AvgIpc) is 2.62. The van der Waals surface area contributed by atoms with Crippen LogP contribution < -0.4 is 20.9 Å². The smallest absolute Gasteiger partial charge is 0.276 e. The van der Waals surface area contributed by atoms with Gasteiger partial charge in [-0.2, -0.15) is 0 Å². The molecule has 2 rings (SSSR count). The molecule has 0 bridgehead atoms. The number of ether oxygens (including phenoxy) is 1. The zero-order valence-electron chi connectivity index (χ0n) is 14.0. The van der Waals surface area contributed by atoms with Crippen LogP contribution in [0.25, 0.3) is 0 Å². The Kier molecular flexibility index (Phi) is 7.30. The summed E-state index contributed by atoms with van der Waals surface area (Å²) in [5.74, 6) is -2.18. The topological polar surface area (TPSA) is 79.5 Å². The fourth-order valence-electron chi connectivity index (χ4n) is 1.90. The van der Waals surface area contributed by atoms with Gasteiger partial charge < -0.3 is 15.5 Å². The lowest BCUT2D eigenvalue weighted by Gasteiger charge is -2.12. The van der Waals surface area contributed by atoms with Crippen molar-refractivity contribution in [3.05, 3.63) is 70.8 Å². The molecular formula is C18H16BrF2N3O3. The molecule has 142 valence electrons. The Bertz CT molecular complexity index is 844. The quantitative estimate of drug-likeness (QED) is 0.551. The van der Waals surface area contributed by atoms with Crippen LogP contribution in [0.3, 0.4) is 0 Å². The Morgan fingerprint density at radius 3 is 2.41 bits per heavy atom. The number of carbonyl (C=O) groups is 2. The second-order valence-corrected chi connectivity index (χ2v) is 6.28.